The van der Waals surface area contributed by atoms with Gasteiger partial charge in [0, 0.05) is 62.2 Å². The van der Waals surface area contributed by atoms with E-state index in [2.05, 4.69) is 17.1 Å². The summed E-state index contributed by atoms with van der Waals surface area (Å²) in [6.45, 7) is 6.33. The van der Waals surface area contributed by atoms with Crippen molar-refractivity contribution >= 4 is 23.4 Å². The molecule has 4 rings (SSSR count). The lowest BCUT2D eigenvalue weighted by Gasteiger charge is -2.43. The van der Waals surface area contributed by atoms with Gasteiger partial charge in [0.25, 0.3) is 5.91 Å². The molecule has 9 heteroatoms. The Hall–Kier alpha value is -2.58. The van der Waals surface area contributed by atoms with Gasteiger partial charge in [0.2, 0.25) is 11.7 Å². The Kier molecular flexibility index (Phi) is 7.24. The summed E-state index contributed by atoms with van der Waals surface area (Å²) in [5.41, 5.74) is 0.169. The van der Waals surface area contributed by atoms with Crippen molar-refractivity contribution in [2.24, 2.45) is 5.41 Å². The van der Waals surface area contributed by atoms with E-state index in [0.717, 1.165) is 39.0 Å². The molecular weight excluding hydrogens is 444 g/mol. The highest BCUT2D eigenvalue weighted by Crippen LogP contribution is 2.36. The number of rotatable bonds is 6. The summed E-state index contributed by atoms with van der Waals surface area (Å²) in [6, 6.07) is 8.89. The summed E-state index contributed by atoms with van der Waals surface area (Å²) in [4.78, 5) is 32.3. The number of hydrogen-bond donors (Lipinski definition) is 0. The van der Waals surface area contributed by atoms with Gasteiger partial charge in [0.05, 0.1) is 12.3 Å². The minimum Gasteiger partial charge on any atom is -0.493 e. The molecule has 8 nitrogen and oxygen atoms in total. The molecule has 0 saturated carbocycles. The van der Waals surface area contributed by atoms with Crippen LogP contribution in [-0.4, -0.2) is 84.6 Å². The smallest absolute Gasteiger partial charge is 0.292 e. The maximum absolute atomic E-state index is 13.3. The van der Waals surface area contributed by atoms with E-state index in [4.69, 9.17) is 20.9 Å². The number of nitrogens with zero attached hydrogens (tertiary/aromatic N) is 4. The molecule has 1 aromatic carbocycles. The largest absolute Gasteiger partial charge is 0.493 e. The molecule has 0 aliphatic carbocycles. The van der Waals surface area contributed by atoms with E-state index in [1.807, 2.05) is 17.0 Å². The Balaban J connectivity index is 1.52. The quantitative estimate of drug-likeness (QED) is 0.640. The van der Waals surface area contributed by atoms with E-state index in [9.17, 15) is 9.59 Å². The fourth-order valence-electron chi connectivity index (χ4n) is 4.60. The summed E-state index contributed by atoms with van der Waals surface area (Å²) in [6.07, 6.45) is 1.91. The van der Waals surface area contributed by atoms with Crippen molar-refractivity contribution in [3.63, 3.8) is 0 Å². The summed E-state index contributed by atoms with van der Waals surface area (Å²) in [7, 11) is 2.07. The van der Waals surface area contributed by atoms with Crippen LogP contribution in [0.1, 0.15) is 35.5 Å². The van der Waals surface area contributed by atoms with Crippen molar-refractivity contribution < 1.29 is 18.8 Å². The minimum atomic E-state index is -0.494. The molecule has 2 aliphatic rings. The molecule has 2 aliphatic heterocycles. The fourth-order valence-corrected chi connectivity index (χ4v) is 4.78. The average molecular weight is 475 g/mol. The molecular formula is C24H31ClN4O4. The van der Waals surface area contributed by atoms with E-state index in [0.29, 0.717) is 42.6 Å². The Morgan fingerprint density at radius 1 is 1.15 bits per heavy atom. The molecule has 2 fully saturated rings. The van der Waals surface area contributed by atoms with Gasteiger partial charge < -0.3 is 24.0 Å². The molecule has 2 saturated heterocycles. The van der Waals surface area contributed by atoms with Gasteiger partial charge in [-0.15, -0.1) is 0 Å². The third-order valence-electron chi connectivity index (χ3n) is 6.51. The number of aryl methyl sites for hydroxylation is 1. The zero-order valence-corrected chi connectivity index (χ0v) is 20.0. The van der Waals surface area contributed by atoms with Crippen LogP contribution in [0.5, 0.6) is 5.75 Å². The van der Waals surface area contributed by atoms with Crippen LogP contribution in [0.15, 0.2) is 34.9 Å². The first-order valence-corrected chi connectivity index (χ1v) is 11.8. The highest BCUT2D eigenvalue weighted by atomic mass is 35.5. The van der Waals surface area contributed by atoms with Gasteiger partial charge in [-0.3, -0.25) is 9.59 Å². The molecule has 178 valence electrons. The van der Waals surface area contributed by atoms with Gasteiger partial charge >= 0.3 is 0 Å². The second kappa shape index (κ2) is 10.1. The highest BCUT2D eigenvalue weighted by molar-refractivity contribution is 6.30. The van der Waals surface area contributed by atoms with Crippen LogP contribution in [0.4, 0.5) is 0 Å². The SMILES string of the molecule is Cc1cc(C(=O)N2CCC[C@](COc3cccc(Cl)c3)(CC(=O)N3CCN(C)CC3)C2)on1. The molecule has 0 radical (unpaired) electrons. The molecule has 0 bridgehead atoms. The third kappa shape index (κ3) is 5.86. The molecule has 33 heavy (non-hydrogen) atoms. The number of likely N-dealkylation sites (N-methyl/N-ethyl adjacent to an activating group) is 1. The number of carbonyl (C=O) groups excluding carboxylic acids is 2. The number of ether oxygens (including phenoxy) is 1. The molecule has 0 unspecified atom stereocenters. The van der Waals surface area contributed by atoms with Gasteiger partial charge in [-0.25, -0.2) is 0 Å². The zero-order valence-electron chi connectivity index (χ0n) is 19.3. The Morgan fingerprint density at radius 2 is 1.94 bits per heavy atom. The van der Waals surface area contributed by atoms with Crippen molar-refractivity contribution in [3.8, 4) is 5.75 Å². The average Bonchev–Trinajstić information content (AvgIpc) is 3.24. The summed E-state index contributed by atoms with van der Waals surface area (Å²) in [5.74, 6) is 0.796. The van der Waals surface area contributed by atoms with E-state index >= 15 is 0 Å². The number of halogens is 1. The zero-order chi connectivity index (χ0) is 23.4. The maximum atomic E-state index is 13.3. The first-order valence-electron chi connectivity index (χ1n) is 11.4. The Bertz CT molecular complexity index is 988. The van der Waals surface area contributed by atoms with E-state index in [-0.39, 0.29) is 17.6 Å². The predicted molar refractivity (Wildman–Crippen MR) is 124 cm³/mol. The second-order valence-electron chi connectivity index (χ2n) is 9.27. The van der Waals surface area contributed by atoms with Crippen molar-refractivity contribution in [1.82, 2.24) is 19.9 Å². The molecule has 3 heterocycles. The van der Waals surface area contributed by atoms with E-state index in [1.54, 1.807) is 30.0 Å². The minimum absolute atomic E-state index is 0.114. The lowest BCUT2D eigenvalue weighted by Crippen LogP contribution is -2.53. The topological polar surface area (TPSA) is 79.1 Å². The monoisotopic (exact) mass is 474 g/mol. The maximum Gasteiger partial charge on any atom is 0.292 e. The fraction of sp³-hybridized carbons (Fsp3) is 0.542. The highest BCUT2D eigenvalue weighted by Gasteiger charge is 2.41. The van der Waals surface area contributed by atoms with Crippen LogP contribution in [0.25, 0.3) is 0 Å². The molecule has 0 spiro atoms. The van der Waals surface area contributed by atoms with E-state index in [1.165, 1.54) is 0 Å². The first-order chi connectivity index (χ1) is 15.8. The Morgan fingerprint density at radius 3 is 2.64 bits per heavy atom. The predicted octanol–water partition coefficient (Wildman–Crippen LogP) is 3.10. The molecule has 1 atom stereocenters. The number of amides is 2. The molecule has 1 aromatic heterocycles. The number of likely N-dealkylation sites (tertiary alicyclic amines) is 1. The number of benzene rings is 1. The van der Waals surface area contributed by atoms with Gasteiger partial charge in [0.15, 0.2) is 0 Å². The van der Waals surface area contributed by atoms with E-state index < -0.39 is 5.41 Å². The molecule has 2 aromatic rings. The van der Waals surface area contributed by atoms with Crippen molar-refractivity contribution in [3.05, 3.63) is 46.8 Å². The second-order valence-corrected chi connectivity index (χ2v) is 9.71. The number of hydrogen-bond acceptors (Lipinski definition) is 6. The molecule has 0 N–H and O–H groups in total. The lowest BCUT2D eigenvalue weighted by atomic mass is 9.77. The molecule has 2 amide bonds. The summed E-state index contributed by atoms with van der Waals surface area (Å²) < 4.78 is 11.3. The van der Waals surface area contributed by atoms with Crippen LogP contribution in [0.3, 0.4) is 0 Å². The van der Waals surface area contributed by atoms with Crippen LogP contribution < -0.4 is 4.74 Å². The van der Waals surface area contributed by atoms with Gasteiger partial charge in [-0.2, -0.15) is 0 Å². The van der Waals surface area contributed by atoms with Crippen LogP contribution in [0.2, 0.25) is 5.02 Å². The lowest BCUT2D eigenvalue weighted by molar-refractivity contribution is -0.137. The normalized spacial score (nSPS) is 21.8. The first kappa shape index (κ1) is 23.6. The number of piperidine rings is 1. The van der Waals surface area contributed by atoms with Crippen molar-refractivity contribution in [2.75, 3.05) is 52.9 Å². The van der Waals surface area contributed by atoms with Crippen LogP contribution in [-0.2, 0) is 4.79 Å². The van der Waals surface area contributed by atoms with Crippen LogP contribution in [0, 0.1) is 12.3 Å². The summed E-state index contributed by atoms with van der Waals surface area (Å²) in [5, 5.41) is 4.44. The van der Waals surface area contributed by atoms with Crippen molar-refractivity contribution in [2.45, 2.75) is 26.2 Å². The summed E-state index contributed by atoms with van der Waals surface area (Å²) >= 11 is 6.12. The van der Waals surface area contributed by atoms with Crippen molar-refractivity contribution in [1.29, 1.82) is 0 Å². The van der Waals surface area contributed by atoms with Gasteiger partial charge in [0.1, 0.15) is 5.75 Å². The van der Waals surface area contributed by atoms with Gasteiger partial charge in [-0.05, 0) is 45.0 Å². The Labute approximate surface area is 199 Å². The van der Waals surface area contributed by atoms with Gasteiger partial charge in [-0.1, -0.05) is 22.8 Å². The van der Waals surface area contributed by atoms with Crippen LogP contribution >= 0.6 is 11.6 Å². The standard InChI is InChI=1S/C24H31ClN4O4/c1-18-13-21(33-26-18)23(31)29-8-4-7-24(16-29,17-32-20-6-3-5-19(25)14-20)15-22(30)28-11-9-27(2)10-12-28/h3,5-6,13-14H,4,7-12,15-17H2,1-2H3/t24-/m0/s1. The number of aromatic nitrogens is 1. The number of carbonyl (C=O) groups is 2. The third-order valence-corrected chi connectivity index (χ3v) is 6.75. The number of piperazine rings is 1.